The van der Waals surface area contributed by atoms with Crippen LogP contribution in [0.4, 0.5) is 0 Å². The molecule has 0 aliphatic rings. The second-order valence-corrected chi connectivity index (χ2v) is 2.82. The van der Waals surface area contributed by atoms with E-state index in [1.165, 1.54) is 5.56 Å². The van der Waals surface area contributed by atoms with Crippen LogP contribution in [-0.2, 0) is 6.42 Å². The minimum Gasteiger partial charge on any atom is -0.250 e. The summed E-state index contributed by atoms with van der Waals surface area (Å²) in [5, 5.41) is 1.16. The Morgan fingerprint density at radius 1 is 1.60 bits per heavy atom. The van der Waals surface area contributed by atoms with E-state index in [0.29, 0.717) is 0 Å². The highest BCUT2D eigenvalue weighted by Gasteiger charge is 1.96. The molecule has 2 heteroatoms. The highest BCUT2D eigenvalue weighted by atomic mass is 32.2. The second-order valence-electron chi connectivity index (χ2n) is 2.03. The minimum atomic E-state index is 1.07. The third kappa shape index (κ3) is 1.51. The maximum Gasteiger partial charge on any atom is 0.0989 e. The predicted octanol–water partition coefficient (Wildman–Crippen LogP) is 2.37. The normalized spacial score (nSPS) is 9.80. The van der Waals surface area contributed by atoms with Crippen molar-refractivity contribution in [3.8, 4) is 0 Å². The third-order valence-electron chi connectivity index (χ3n) is 1.42. The Morgan fingerprint density at radius 2 is 2.40 bits per heavy atom. The summed E-state index contributed by atoms with van der Waals surface area (Å²) in [6, 6.07) is 4.11. The topological polar surface area (TPSA) is 12.9 Å². The monoisotopic (exact) mass is 153 g/mol. The number of hydrogen-bond donors (Lipinski definition) is 0. The fourth-order valence-corrected chi connectivity index (χ4v) is 1.52. The Kier molecular flexibility index (Phi) is 2.75. The van der Waals surface area contributed by atoms with Gasteiger partial charge in [-0.25, -0.2) is 4.98 Å². The molecule has 0 fully saturated rings. The molecule has 0 aromatic carbocycles. The van der Waals surface area contributed by atoms with E-state index in [1.807, 2.05) is 12.3 Å². The zero-order chi connectivity index (χ0) is 7.40. The van der Waals surface area contributed by atoms with E-state index < -0.39 is 0 Å². The van der Waals surface area contributed by atoms with Crippen LogP contribution in [0.2, 0.25) is 0 Å². The first-order chi connectivity index (χ1) is 4.88. The van der Waals surface area contributed by atoms with E-state index in [-0.39, 0.29) is 0 Å². The summed E-state index contributed by atoms with van der Waals surface area (Å²) in [5.41, 5.74) is 1.34. The lowest BCUT2D eigenvalue weighted by Crippen LogP contribution is -1.86. The Hall–Kier alpha value is -0.500. The summed E-state index contributed by atoms with van der Waals surface area (Å²) in [7, 11) is 0. The number of hydrogen-bond acceptors (Lipinski definition) is 2. The molecule has 0 aliphatic heterocycles. The van der Waals surface area contributed by atoms with Crippen molar-refractivity contribution < 1.29 is 0 Å². The van der Waals surface area contributed by atoms with Crippen LogP contribution in [0.25, 0.3) is 0 Å². The summed E-state index contributed by atoms with van der Waals surface area (Å²) >= 11 is 1.71. The van der Waals surface area contributed by atoms with E-state index in [2.05, 4.69) is 24.2 Å². The standard InChI is InChI=1S/C8H11NS/c1-3-7-5-4-6-9-8(7)10-2/h4-6H,3H2,1-2H3. The molecule has 0 N–H and O–H groups in total. The molecule has 0 saturated heterocycles. The molecule has 0 saturated carbocycles. The predicted molar refractivity (Wildman–Crippen MR) is 45.4 cm³/mol. The number of thioether (sulfide) groups is 1. The van der Waals surface area contributed by atoms with E-state index >= 15 is 0 Å². The van der Waals surface area contributed by atoms with E-state index in [9.17, 15) is 0 Å². The van der Waals surface area contributed by atoms with Crippen LogP contribution in [0.15, 0.2) is 23.4 Å². The average molecular weight is 153 g/mol. The maximum atomic E-state index is 4.23. The lowest BCUT2D eigenvalue weighted by atomic mass is 10.2. The minimum absolute atomic E-state index is 1.07. The Morgan fingerprint density at radius 3 is 2.90 bits per heavy atom. The molecule has 0 bridgehead atoms. The van der Waals surface area contributed by atoms with Crippen molar-refractivity contribution in [3.63, 3.8) is 0 Å². The van der Waals surface area contributed by atoms with Crippen LogP contribution < -0.4 is 0 Å². The van der Waals surface area contributed by atoms with Gasteiger partial charge < -0.3 is 0 Å². The Labute approximate surface area is 65.9 Å². The van der Waals surface area contributed by atoms with E-state index in [4.69, 9.17) is 0 Å². The molecule has 0 spiro atoms. The molecule has 1 aromatic heterocycles. The molecule has 1 nitrogen and oxygen atoms in total. The molecule has 1 aromatic rings. The van der Waals surface area contributed by atoms with Gasteiger partial charge in [-0.1, -0.05) is 13.0 Å². The zero-order valence-corrected chi connectivity index (χ0v) is 7.11. The van der Waals surface area contributed by atoms with Crippen molar-refractivity contribution in [2.24, 2.45) is 0 Å². The maximum absolute atomic E-state index is 4.23. The first-order valence-corrected chi connectivity index (χ1v) is 4.58. The SMILES string of the molecule is CCc1cccnc1SC. The Balaban J connectivity index is 2.96. The molecule has 1 rings (SSSR count). The van der Waals surface area contributed by atoms with Gasteiger partial charge in [0.1, 0.15) is 0 Å². The van der Waals surface area contributed by atoms with Gasteiger partial charge in [0, 0.05) is 6.20 Å². The van der Waals surface area contributed by atoms with Gasteiger partial charge in [-0.2, -0.15) is 0 Å². The summed E-state index contributed by atoms with van der Waals surface area (Å²) < 4.78 is 0. The van der Waals surface area contributed by atoms with Gasteiger partial charge in [0.2, 0.25) is 0 Å². The van der Waals surface area contributed by atoms with E-state index in [0.717, 1.165) is 11.4 Å². The molecule has 0 radical (unpaired) electrons. The van der Waals surface area contributed by atoms with Crippen molar-refractivity contribution in [2.45, 2.75) is 18.4 Å². The summed E-state index contributed by atoms with van der Waals surface area (Å²) in [6.07, 6.45) is 4.97. The van der Waals surface area contributed by atoms with Crippen molar-refractivity contribution >= 4 is 11.8 Å². The average Bonchev–Trinajstić information content (AvgIpc) is 2.04. The quantitative estimate of drug-likeness (QED) is 0.605. The van der Waals surface area contributed by atoms with Gasteiger partial charge in [0.05, 0.1) is 5.03 Å². The highest BCUT2D eigenvalue weighted by Crippen LogP contribution is 2.16. The van der Waals surface area contributed by atoms with Gasteiger partial charge in [0.25, 0.3) is 0 Å². The van der Waals surface area contributed by atoms with Crippen LogP contribution in [-0.4, -0.2) is 11.2 Å². The largest absolute Gasteiger partial charge is 0.250 e. The van der Waals surface area contributed by atoms with Gasteiger partial charge in [-0.3, -0.25) is 0 Å². The first-order valence-electron chi connectivity index (χ1n) is 3.36. The molecular formula is C8H11NS. The van der Waals surface area contributed by atoms with Crippen molar-refractivity contribution in [3.05, 3.63) is 23.9 Å². The second kappa shape index (κ2) is 3.62. The first kappa shape index (κ1) is 7.61. The fourth-order valence-electron chi connectivity index (χ4n) is 0.877. The number of rotatable bonds is 2. The third-order valence-corrected chi connectivity index (χ3v) is 2.18. The van der Waals surface area contributed by atoms with Crippen LogP contribution in [0.1, 0.15) is 12.5 Å². The van der Waals surface area contributed by atoms with Crippen LogP contribution in [0.3, 0.4) is 0 Å². The number of aromatic nitrogens is 1. The molecular weight excluding hydrogens is 142 g/mol. The van der Waals surface area contributed by atoms with E-state index in [1.54, 1.807) is 11.8 Å². The zero-order valence-electron chi connectivity index (χ0n) is 6.29. The lowest BCUT2D eigenvalue weighted by molar-refractivity contribution is 0.996. The molecule has 1 heterocycles. The van der Waals surface area contributed by atoms with Gasteiger partial charge in [0.15, 0.2) is 0 Å². The summed E-state index contributed by atoms with van der Waals surface area (Å²) in [5.74, 6) is 0. The Bertz CT molecular complexity index is 187. The summed E-state index contributed by atoms with van der Waals surface area (Å²) in [6.45, 7) is 2.15. The molecule has 0 atom stereocenters. The van der Waals surface area contributed by atoms with Crippen molar-refractivity contribution in [1.82, 2.24) is 4.98 Å². The highest BCUT2D eigenvalue weighted by molar-refractivity contribution is 7.98. The van der Waals surface area contributed by atoms with Crippen LogP contribution >= 0.6 is 11.8 Å². The summed E-state index contributed by atoms with van der Waals surface area (Å²) in [4.78, 5) is 4.23. The molecule has 0 amide bonds. The molecule has 0 aliphatic carbocycles. The lowest BCUT2D eigenvalue weighted by Gasteiger charge is -2.00. The molecule has 0 unspecified atom stereocenters. The van der Waals surface area contributed by atoms with Gasteiger partial charge in [-0.15, -0.1) is 11.8 Å². The molecule has 10 heavy (non-hydrogen) atoms. The fraction of sp³-hybridized carbons (Fsp3) is 0.375. The van der Waals surface area contributed by atoms with Crippen LogP contribution in [0.5, 0.6) is 0 Å². The van der Waals surface area contributed by atoms with Crippen molar-refractivity contribution in [1.29, 1.82) is 0 Å². The molecule has 54 valence electrons. The van der Waals surface area contributed by atoms with Crippen LogP contribution in [0, 0.1) is 0 Å². The number of nitrogens with zero attached hydrogens (tertiary/aromatic N) is 1. The van der Waals surface area contributed by atoms with Gasteiger partial charge >= 0.3 is 0 Å². The van der Waals surface area contributed by atoms with Gasteiger partial charge in [-0.05, 0) is 24.3 Å². The smallest absolute Gasteiger partial charge is 0.0989 e. The number of pyridine rings is 1. The van der Waals surface area contributed by atoms with Crippen molar-refractivity contribution in [2.75, 3.05) is 6.26 Å². The number of aryl methyl sites for hydroxylation is 1.